The molecule has 0 heterocycles. The first kappa shape index (κ1) is 17.1. The first-order chi connectivity index (χ1) is 7.63. The van der Waals surface area contributed by atoms with Crippen molar-refractivity contribution in [2.45, 2.75) is 0 Å². The Kier molecular flexibility index (Phi) is 9.09. The molecule has 0 atom stereocenters. The van der Waals surface area contributed by atoms with Crippen LogP contribution in [0, 0.1) is 0 Å². The molecule has 3 heteroatoms. The molecule has 0 saturated heterocycles. The van der Waals surface area contributed by atoms with Gasteiger partial charge < -0.3 is 30.3 Å². The molecule has 0 spiro atoms. The molecule has 17 heavy (non-hydrogen) atoms. The molecular weight excluding hydrogens is 289 g/mol. The Bertz CT molecular complexity index is 335. The maximum absolute atomic E-state index is 2.33. The Morgan fingerprint density at radius 1 is 0.941 bits per heavy atom. The van der Waals surface area contributed by atoms with Gasteiger partial charge in [0.2, 0.25) is 0 Å². The van der Waals surface area contributed by atoms with Gasteiger partial charge in [-0.25, -0.2) is 12.1 Å². The van der Waals surface area contributed by atoms with Crippen LogP contribution in [0.1, 0.15) is 0 Å². The van der Waals surface area contributed by atoms with Crippen LogP contribution in [0.4, 0.5) is 0 Å². The largest absolute Gasteiger partial charge is 0.748 e. The van der Waals surface area contributed by atoms with Gasteiger partial charge >= 0.3 is 0 Å². The quantitative estimate of drug-likeness (QED) is 0.588. The summed E-state index contributed by atoms with van der Waals surface area (Å²) in [6, 6.07) is 16.8. The normalized spacial score (nSPS) is 9.76. The minimum absolute atomic E-state index is 0. The Labute approximate surface area is 118 Å². The van der Waals surface area contributed by atoms with Gasteiger partial charge in [-0.3, -0.25) is 0 Å². The zero-order chi connectivity index (χ0) is 12.0. The van der Waals surface area contributed by atoms with Crippen LogP contribution in [0.15, 0.2) is 48.5 Å². The first-order valence-electron chi connectivity index (χ1n) is 5.40. The fraction of sp³-hybridized carbons (Fsp3) is 0.286. The summed E-state index contributed by atoms with van der Waals surface area (Å²) < 4.78 is 0. The second-order valence-corrected chi connectivity index (χ2v) is 8.59. The van der Waals surface area contributed by atoms with E-state index in [1.165, 1.54) is 0 Å². The molecule has 0 aliphatic rings. The van der Waals surface area contributed by atoms with Crippen molar-refractivity contribution in [3.8, 4) is 0 Å². The summed E-state index contributed by atoms with van der Waals surface area (Å²) >= 11 is 0. The van der Waals surface area contributed by atoms with Gasteiger partial charge in [-0.1, -0.05) is 13.3 Å². The predicted octanol–water partition coefficient (Wildman–Crippen LogP) is 3.54. The van der Waals surface area contributed by atoms with Crippen molar-refractivity contribution in [3.05, 3.63) is 48.5 Å². The van der Waals surface area contributed by atoms with Gasteiger partial charge in [0.15, 0.2) is 0 Å². The van der Waals surface area contributed by atoms with E-state index in [1.807, 2.05) is 30.3 Å². The summed E-state index contributed by atoms with van der Waals surface area (Å²) in [6.07, 6.45) is 0. The second-order valence-electron chi connectivity index (χ2n) is 4.05. The third kappa shape index (κ3) is 5.97. The van der Waals surface area contributed by atoms with E-state index in [-0.39, 0.29) is 32.6 Å². The molecule has 0 bridgehead atoms. The molecule has 0 amide bonds. The summed E-state index contributed by atoms with van der Waals surface area (Å²) in [5, 5.41) is 3.22. The van der Waals surface area contributed by atoms with Crippen molar-refractivity contribution in [1.82, 2.24) is 0 Å². The Morgan fingerprint density at radius 3 is 1.71 bits per heavy atom. The van der Waals surface area contributed by atoms with Crippen molar-refractivity contribution in [1.29, 1.82) is 0 Å². The van der Waals surface area contributed by atoms with E-state index >= 15 is 0 Å². The van der Waals surface area contributed by atoms with Crippen LogP contribution in [0.3, 0.4) is 0 Å². The fourth-order valence-electron chi connectivity index (χ4n) is 1.48. The van der Waals surface area contributed by atoms with E-state index in [9.17, 15) is 0 Å². The van der Waals surface area contributed by atoms with Crippen molar-refractivity contribution in [2.24, 2.45) is 0 Å². The molecule has 0 N–H and O–H groups in total. The smallest absolute Gasteiger partial charge is 0 e. The van der Waals surface area contributed by atoms with Crippen LogP contribution in [0.25, 0.3) is 0 Å². The maximum Gasteiger partial charge on any atom is 0 e. The van der Waals surface area contributed by atoms with E-state index in [1.54, 1.807) is 10.6 Å². The van der Waals surface area contributed by atoms with Crippen molar-refractivity contribution >= 4 is 26.5 Å². The van der Waals surface area contributed by atoms with E-state index in [4.69, 9.17) is 0 Å². The minimum Gasteiger partial charge on any atom is -0.748 e. The van der Waals surface area contributed by atoms with Gasteiger partial charge in [-0.15, -0.1) is 26.5 Å². The molecule has 0 aliphatic carbocycles. The van der Waals surface area contributed by atoms with E-state index in [0.29, 0.717) is 0 Å². The van der Waals surface area contributed by atoms with E-state index in [0.717, 1.165) is 0 Å². The molecular formula is C14H20CoP2-6. The van der Waals surface area contributed by atoms with E-state index < -0.39 is 0 Å². The van der Waals surface area contributed by atoms with Gasteiger partial charge in [0.05, 0.1) is 0 Å². The van der Waals surface area contributed by atoms with Gasteiger partial charge in [0, 0.05) is 16.8 Å². The van der Waals surface area contributed by atoms with Crippen LogP contribution in [-0.2, 0) is 16.8 Å². The van der Waals surface area contributed by atoms with E-state index in [2.05, 4.69) is 44.9 Å². The van der Waals surface area contributed by atoms with Gasteiger partial charge in [-0.2, -0.15) is 6.07 Å². The summed E-state index contributed by atoms with van der Waals surface area (Å²) in [5.41, 5.74) is 0. The monoisotopic (exact) mass is 309 g/mol. The zero-order valence-corrected chi connectivity index (χ0v) is 13.7. The number of hydrogen-bond donors (Lipinski definition) is 0. The first-order valence-corrected chi connectivity index (χ1v) is 9.87. The van der Waals surface area contributed by atoms with Gasteiger partial charge in [-0.05, 0) is 13.3 Å². The molecule has 0 aliphatic heterocycles. The number of rotatable bonds is 2. The van der Waals surface area contributed by atoms with Crippen LogP contribution in [0.2, 0.25) is 0 Å². The van der Waals surface area contributed by atoms with Crippen molar-refractivity contribution in [2.75, 3.05) is 26.7 Å². The topological polar surface area (TPSA) is 0 Å². The van der Waals surface area contributed by atoms with Crippen LogP contribution in [-0.4, -0.2) is 26.7 Å². The number of hydrogen-bond acceptors (Lipinski definition) is 0. The molecule has 0 saturated carbocycles. The maximum atomic E-state index is 2.33. The van der Waals surface area contributed by atoms with Gasteiger partial charge in [0.25, 0.3) is 0 Å². The molecule has 0 aromatic heterocycles. The average molecular weight is 309 g/mol. The molecule has 2 aromatic carbocycles. The molecule has 0 fully saturated rings. The van der Waals surface area contributed by atoms with Crippen LogP contribution in [0.5, 0.6) is 0 Å². The molecule has 2 aromatic rings. The van der Waals surface area contributed by atoms with Crippen molar-refractivity contribution in [3.63, 3.8) is 0 Å². The SMILES string of the molecule is CP(C)c1ccc[c-]1P(C)C.[Co].[cH-]1[cH-][cH-][cH-][cH-]1. The van der Waals surface area contributed by atoms with Crippen LogP contribution >= 0.6 is 15.8 Å². The van der Waals surface area contributed by atoms with Gasteiger partial charge in [0.1, 0.15) is 0 Å². The predicted molar refractivity (Wildman–Crippen MR) is 80.9 cm³/mol. The molecule has 2 rings (SSSR count). The third-order valence-corrected chi connectivity index (χ3v) is 5.17. The Morgan fingerprint density at radius 2 is 1.41 bits per heavy atom. The minimum atomic E-state index is 0. The fourth-order valence-corrected chi connectivity index (χ4v) is 4.51. The molecule has 101 valence electrons. The zero-order valence-electron chi connectivity index (χ0n) is 10.8. The molecule has 1 radical (unpaired) electrons. The standard InChI is InChI=1S/C9H15P2.C5H5.Co/c1-10(2)8-6-5-7-9(8)11(3)4;1-2-4-5-3-1;/h5-7H,1-4H3;1-5H;/q-1;-5;. The average Bonchev–Trinajstić information content (AvgIpc) is 2.92. The summed E-state index contributed by atoms with van der Waals surface area (Å²) in [6.45, 7) is 9.31. The van der Waals surface area contributed by atoms with Crippen molar-refractivity contribution < 1.29 is 16.8 Å². The molecule has 0 nitrogen and oxygen atoms in total. The third-order valence-electron chi connectivity index (χ3n) is 2.29. The van der Waals surface area contributed by atoms with Crippen LogP contribution < -0.4 is 10.6 Å². The second kappa shape index (κ2) is 9.06. The Hall–Kier alpha value is 0.0665. The summed E-state index contributed by atoms with van der Waals surface area (Å²) in [5.74, 6) is 0. The summed E-state index contributed by atoms with van der Waals surface area (Å²) in [7, 11) is 0.209. The Balaban J connectivity index is 0.000000360. The summed E-state index contributed by atoms with van der Waals surface area (Å²) in [4.78, 5) is 0. The molecule has 0 unspecified atom stereocenters.